The fourth-order valence-electron chi connectivity index (χ4n) is 1.33. The molecule has 3 N–H and O–H groups in total. The van der Waals surface area contributed by atoms with E-state index in [4.69, 9.17) is 16.8 Å². The lowest BCUT2D eigenvalue weighted by molar-refractivity contribution is 0.161. The summed E-state index contributed by atoms with van der Waals surface area (Å²) in [6.45, 7) is 4.00. The third kappa shape index (κ3) is 1.94. The minimum Gasteiger partial charge on any atom is -0.506 e. The molecule has 0 aliphatic heterocycles. The van der Waals surface area contributed by atoms with Crippen LogP contribution in [-0.2, 0) is 6.54 Å². The molecule has 72 valence electrons. The van der Waals surface area contributed by atoms with Crippen LogP contribution in [0.2, 0.25) is 5.02 Å². The summed E-state index contributed by atoms with van der Waals surface area (Å²) in [7, 11) is 0. The first kappa shape index (κ1) is 10.3. The molecule has 0 spiro atoms. The number of phenols is 1. The van der Waals surface area contributed by atoms with E-state index in [0.717, 1.165) is 16.7 Å². The SMILES string of the molecule is Cc1cc(O)c(Cl)c(C)c1CNO. The van der Waals surface area contributed by atoms with Crippen molar-refractivity contribution in [2.24, 2.45) is 0 Å². The highest BCUT2D eigenvalue weighted by molar-refractivity contribution is 6.32. The number of hydrogen-bond acceptors (Lipinski definition) is 3. The molecule has 0 radical (unpaired) electrons. The first-order chi connectivity index (χ1) is 6.07. The van der Waals surface area contributed by atoms with Gasteiger partial charge in [0.15, 0.2) is 0 Å². The van der Waals surface area contributed by atoms with Gasteiger partial charge in [-0.15, -0.1) is 0 Å². The third-order valence-corrected chi connectivity index (χ3v) is 2.57. The number of hydroxylamine groups is 1. The van der Waals surface area contributed by atoms with Gasteiger partial charge in [0.1, 0.15) is 5.75 Å². The van der Waals surface area contributed by atoms with Crippen LogP contribution in [0.5, 0.6) is 5.75 Å². The van der Waals surface area contributed by atoms with Crippen molar-refractivity contribution in [1.29, 1.82) is 0 Å². The molecule has 0 aliphatic rings. The number of phenolic OH excluding ortho intramolecular Hbond substituents is 1. The molecule has 1 rings (SSSR count). The van der Waals surface area contributed by atoms with Crippen LogP contribution in [0.15, 0.2) is 6.07 Å². The number of nitrogens with one attached hydrogen (secondary N) is 1. The van der Waals surface area contributed by atoms with Gasteiger partial charge in [0.05, 0.1) is 5.02 Å². The average molecular weight is 202 g/mol. The predicted octanol–water partition coefficient (Wildman–Crippen LogP) is 2.14. The van der Waals surface area contributed by atoms with Crippen LogP contribution in [0.25, 0.3) is 0 Å². The van der Waals surface area contributed by atoms with Gasteiger partial charge in [0.25, 0.3) is 0 Å². The second-order valence-corrected chi connectivity index (χ2v) is 3.34. The lowest BCUT2D eigenvalue weighted by Crippen LogP contribution is -2.09. The van der Waals surface area contributed by atoms with Crippen molar-refractivity contribution >= 4 is 11.6 Å². The van der Waals surface area contributed by atoms with Crippen molar-refractivity contribution in [2.75, 3.05) is 0 Å². The molecule has 0 atom stereocenters. The summed E-state index contributed by atoms with van der Waals surface area (Å²) in [5, 5.41) is 18.3. The fraction of sp³-hybridized carbons (Fsp3) is 0.333. The maximum atomic E-state index is 9.36. The predicted molar refractivity (Wildman–Crippen MR) is 51.2 cm³/mol. The molecule has 0 fully saturated rings. The monoisotopic (exact) mass is 201 g/mol. The van der Waals surface area contributed by atoms with Gasteiger partial charge in [0.2, 0.25) is 0 Å². The maximum Gasteiger partial charge on any atom is 0.134 e. The Bertz CT molecular complexity index is 326. The van der Waals surface area contributed by atoms with E-state index in [1.165, 1.54) is 0 Å². The first-order valence-electron chi connectivity index (χ1n) is 3.92. The molecule has 0 saturated carbocycles. The second kappa shape index (κ2) is 3.96. The molecule has 1 aromatic rings. The Balaban J connectivity index is 3.26. The first-order valence-corrected chi connectivity index (χ1v) is 4.30. The number of aromatic hydroxyl groups is 1. The summed E-state index contributed by atoms with van der Waals surface area (Å²) < 4.78 is 0. The molecule has 13 heavy (non-hydrogen) atoms. The van der Waals surface area contributed by atoms with E-state index in [-0.39, 0.29) is 5.75 Å². The third-order valence-electron chi connectivity index (χ3n) is 2.09. The van der Waals surface area contributed by atoms with Gasteiger partial charge in [-0.2, -0.15) is 0 Å². The van der Waals surface area contributed by atoms with Crippen LogP contribution in [0.1, 0.15) is 16.7 Å². The van der Waals surface area contributed by atoms with Gasteiger partial charge in [-0.05, 0) is 36.6 Å². The van der Waals surface area contributed by atoms with E-state index in [1.807, 2.05) is 13.8 Å². The molecule has 1 aromatic carbocycles. The number of aryl methyl sites for hydroxylation is 1. The zero-order chi connectivity index (χ0) is 10.0. The summed E-state index contributed by atoms with van der Waals surface area (Å²) in [6, 6.07) is 1.59. The highest BCUT2D eigenvalue weighted by Crippen LogP contribution is 2.31. The molecule has 4 heteroatoms. The molecular formula is C9H12ClNO2. The molecule has 0 heterocycles. The van der Waals surface area contributed by atoms with Gasteiger partial charge in [-0.25, -0.2) is 5.48 Å². The van der Waals surface area contributed by atoms with Crippen molar-refractivity contribution in [3.05, 3.63) is 27.8 Å². The zero-order valence-electron chi connectivity index (χ0n) is 7.56. The Labute approximate surface area is 81.9 Å². The minimum absolute atomic E-state index is 0.0818. The molecule has 0 aromatic heterocycles. The zero-order valence-corrected chi connectivity index (χ0v) is 8.31. The largest absolute Gasteiger partial charge is 0.506 e. The van der Waals surface area contributed by atoms with Crippen molar-refractivity contribution < 1.29 is 10.3 Å². The topological polar surface area (TPSA) is 52.5 Å². The van der Waals surface area contributed by atoms with E-state index in [1.54, 1.807) is 6.07 Å². The lowest BCUT2D eigenvalue weighted by Gasteiger charge is -2.11. The second-order valence-electron chi connectivity index (χ2n) is 2.97. The maximum absolute atomic E-state index is 9.36. The Hall–Kier alpha value is -0.770. The molecule has 0 unspecified atom stereocenters. The summed E-state index contributed by atoms with van der Waals surface area (Å²) in [5.74, 6) is 0.0818. The summed E-state index contributed by atoms with van der Waals surface area (Å²) in [5.41, 5.74) is 4.68. The average Bonchev–Trinajstić information content (AvgIpc) is 2.09. The molecule has 0 amide bonds. The molecule has 0 aliphatic carbocycles. The Morgan fingerprint density at radius 3 is 2.62 bits per heavy atom. The van der Waals surface area contributed by atoms with E-state index in [2.05, 4.69) is 5.48 Å². The quantitative estimate of drug-likeness (QED) is 0.643. The molecule has 0 bridgehead atoms. The lowest BCUT2D eigenvalue weighted by atomic mass is 10.0. The summed E-state index contributed by atoms with van der Waals surface area (Å²) >= 11 is 5.83. The van der Waals surface area contributed by atoms with Crippen molar-refractivity contribution in [1.82, 2.24) is 5.48 Å². The van der Waals surface area contributed by atoms with Crippen LogP contribution in [-0.4, -0.2) is 10.3 Å². The van der Waals surface area contributed by atoms with Gasteiger partial charge in [0, 0.05) is 6.54 Å². The fourth-order valence-corrected chi connectivity index (χ4v) is 1.50. The van der Waals surface area contributed by atoms with Crippen LogP contribution in [0, 0.1) is 13.8 Å². The summed E-state index contributed by atoms with van der Waals surface area (Å²) in [6.07, 6.45) is 0. The number of rotatable bonds is 2. The highest BCUT2D eigenvalue weighted by atomic mass is 35.5. The van der Waals surface area contributed by atoms with E-state index < -0.39 is 0 Å². The minimum atomic E-state index is 0.0818. The van der Waals surface area contributed by atoms with Gasteiger partial charge >= 0.3 is 0 Å². The Kier molecular flexibility index (Phi) is 3.14. The highest BCUT2D eigenvalue weighted by Gasteiger charge is 2.10. The number of halogens is 1. The van der Waals surface area contributed by atoms with Crippen LogP contribution in [0.3, 0.4) is 0 Å². The van der Waals surface area contributed by atoms with Gasteiger partial charge in [-0.1, -0.05) is 11.6 Å². The van der Waals surface area contributed by atoms with Crippen LogP contribution >= 0.6 is 11.6 Å². The molecular weight excluding hydrogens is 190 g/mol. The summed E-state index contributed by atoms with van der Waals surface area (Å²) in [4.78, 5) is 0. The van der Waals surface area contributed by atoms with Gasteiger partial charge in [-0.3, -0.25) is 0 Å². The standard InChI is InChI=1S/C9H12ClNO2/c1-5-3-8(12)9(10)6(2)7(5)4-11-13/h3,11-13H,4H2,1-2H3. The molecule has 3 nitrogen and oxygen atoms in total. The van der Waals surface area contributed by atoms with Gasteiger partial charge < -0.3 is 10.3 Å². The van der Waals surface area contributed by atoms with E-state index in [9.17, 15) is 5.11 Å². The van der Waals surface area contributed by atoms with E-state index >= 15 is 0 Å². The van der Waals surface area contributed by atoms with Crippen molar-refractivity contribution in [3.63, 3.8) is 0 Å². The van der Waals surface area contributed by atoms with E-state index in [0.29, 0.717) is 11.6 Å². The van der Waals surface area contributed by atoms with Crippen LogP contribution < -0.4 is 5.48 Å². The van der Waals surface area contributed by atoms with Crippen LogP contribution in [0.4, 0.5) is 0 Å². The number of hydrogen-bond donors (Lipinski definition) is 3. The molecule has 0 saturated heterocycles. The smallest absolute Gasteiger partial charge is 0.134 e. The Morgan fingerprint density at radius 2 is 2.08 bits per heavy atom. The van der Waals surface area contributed by atoms with Crippen molar-refractivity contribution in [3.8, 4) is 5.75 Å². The Morgan fingerprint density at radius 1 is 1.46 bits per heavy atom. The normalized spacial score (nSPS) is 10.5. The van der Waals surface area contributed by atoms with Crippen molar-refractivity contribution in [2.45, 2.75) is 20.4 Å². The number of benzene rings is 1.